The number of ether oxygens (including phenoxy) is 2. The summed E-state index contributed by atoms with van der Waals surface area (Å²) >= 11 is 6.11. The van der Waals surface area contributed by atoms with E-state index in [2.05, 4.69) is 0 Å². The number of halogens is 1. The average Bonchev–Trinajstić information content (AvgIpc) is 2.25. The number of rotatable bonds is 3. The van der Waals surface area contributed by atoms with Crippen LogP contribution in [0.3, 0.4) is 0 Å². The maximum Gasteiger partial charge on any atom is 0.128 e. The van der Waals surface area contributed by atoms with Crippen LogP contribution < -0.4 is 10.5 Å². The molecule has 17 heavy (non-hydrogen) atoms. The number of hydrogen-bond donors (Lipinski definition) is 1. The Morgan fingerprint density at radius 3 is 2.35 bits per heavy atom. The first kappa shape index (κ1) is 12.7. The normalized spacial score (nSPS) is 27.7. The smallest absolute Gasteiger partial charge is 0.128 e. The van der Waals surface area contributed by atoms with Crippen molar-refractivity contribution in [1.29, 1.82) is 0 Å². The number of benzene rings is 1. The van der Waals surface area contributed by atoms with E-state index in [0.717, 1.165) is 28.3 Å². The van der Waals surface area contributed by atoms with Gasteiger partial charge < -0.3 is 15.2 Å². The highest BCUT2D eigenvalue weighted by Gasteiger charge is 2.40. The van der Waals surface area contributed by atoms with Crippen LogP contribution in [0.15, 0.2) is 12.1 Å². The SMILES string of the molecule is COC1C(N)CC1Oc1cc(C)c(Cl)c(C)c1. The predicted octanol–water partition coefficient (Wildman–Crippen LogP) is 2.45. The molecule has 3 unspecified atom stereocenters. The monoisotopic (exact) mass is 255 g/mol. The number of aryl methyl sites for hydroxylation is 2. The molecule has 3 nitrogen and oxygen atoms in total. The molecule has 0 heterocycles. The largest absolute Gasteiger partial charge is 0.488 e. The van der Waals surface area contributed by atoms with Crippen molar-refractivity contribution in [3.63, 3.8) is 0 Å². The van der Waals surface area contributed by atoms with Gasteiger partial charge in [-0.1, -0.05) is 11.6 Å². The summed E-state index contributed by atoms with van der Waals surface area (Å²) in [7, 11) is 1.67. The summed E-state index contributed by atoms with van der Waals surface area (Å²) in [5.41, 5.74) is 7.89. The van der Waals surface area contributed by atoms with Crippen LogP contribution in [0.1, 0.15) is 17.5 Å². The Balaban J connectivity index is 2.10. The second kappa shape index (κ2) is 4.84. The summed E-state index contributed by atoms with van der Waals surface area (Å²) in [4.78, 5) is 0. The van der Waals surface area contributed by atoms with Crippen LogP contribution in [0, 0.1) is 13.8 Å². The van der Waals surface area contributed by atoms with Gasteiger partial charge in [-0.15, -0.1) is 0 Å². The molecule has 0 aromatic heterocycles. The Hall–Kier alpha value is -0.770. The fourth-order valence-electron chi connectivity index (χ4n) is 2.21. The van der Waals surface area contributed by atoms with Crippen LogP contribution >= 0.6 is 11.6 Å². The van der Waals surface area contributed by atoms with Gasteiger partial charge in [0.05, 0.1) is 0 Å². The zero-order chi connectivity index (χ0) is 12.6. The summed E-state index contributed by atoms with van der Waals surface area (Å²) in [5, 5.41) is 0.797. The van der Waals surface area contributed by atoms with Gasteiger partial charge in [0.15, 0.2) is 0 Å². The van der Waals surface area contributed by atoms with Gasteiger partial charge in [-0.05, 0) is 37.1 Å². The van der Waals surface area contributed by atoms with Crippen molar-refractivity contribution >= 4 is 11.6 Å². The lowest BCUT2D eigenvalue weighted by atomic mass is 9.86. The lowest BCUT2D eigenvalue weighted by Crippen LogP contribution is -2.59. The van der Waals surface area contributed by atoms with E-state index in [1.165, 1.54) is 0 Å². The Labute approximate surface area is 107 Å². The third-order valence-corrected chi connectivity index (χ3v) is 3.86. The highest BCUT2D eigenvalue weighted by molar-refractivity contribution is 6.32. The zero-order valence-corrected chi connectivity index (χ0v) is 11.1. The van der Waals surface area contributed by atoms with Crippen molar-refractivity contribution in [2.45, 2.75) is 38.5 Å². The van der Waals surface area contributed by atoms with Crippen LogP contribution in [-0.4, -0.2) is 25.4 Å². The quantitative estimate of drug-likeness (QED) is 0.902. The minimum atomic E-state index is -0.00806. The van der Waals surface area contributed by atoms with Crippen molar-refractivity contribution in [2.24, 2.45) is 5.73 Å². The van der Waals surface area contributed by atoms with Crippen molar-refractivity contribution < 1.29 is 9.47 Å². The third-order valence-electron chi connectivity index (χ3n) is 3.26. The highest BCUT2D eigenvalue weighted by Crippen LogP contribution is 2.31. The Kier molecular flexibility index (Phi) is 3.61. The number of methoxy groups -OCH3 is 1. The molecule has 2 rings (SSSR count). The van der Waals surface area contributed by atoms with Crippen molar-refractivity contribution in [3.8, 4) is 5.75 Å². The van der Waals surface area contributed by atoms with E-state index >= 15 is 0 Å². The minimum Gasteiger partial charge on any atom is -0.488 e. The molecule has 0 amide bonds. The molecule has 1 saturated carbocycles. The van der Waals surface area contributed by atoms with Crippen LogP contribution in [0.5, 0.6) is 5.75 Å². The van der Waals surface area contributed by atoms with Gasteiger partial charge in [0.1, 0.15) is 18.0 Å². The van der Waals surface area contributed by atoms with E-state index in [4.69, 9.17) is 26.8 Å². The second-order valence-electron chi connectivity index (χ2n) is 4.63. The fourth-order valence-corrected chi connectivity index (χ4v) is 2.32. The first-order valence-electron chi connectivity index (χ1n) is 5.74. The number of nitrogens with two attached hydrogens (primary N) is 1. The van der Waals surface area contributed by atoms with E-state index in [1.807, 2.05) is 26.0 Å². The molecule has 1 aliphatic rings. The molecule has 0 bridgehead atoms. The summed E-state index contributed by atoms with van der Waals surface area (Å²) in [5.74, 6) is 0.836. The maximum atomic E-state index is 6.11. The Morgan fingerprint density at radius 2 is 1.88 bits per heavy atom. The molecule has 94 valence electrons. The van der Waals surface area contributed by atoms with Gasteiger partial charge in [0, 0.05) is 24.6 Å². The molecular weight excluding hydrogens is 238 g/mol. The molecule has 0 aliphatic heterocycles. The van der Waals surface area contributed by atoms with Crippen molar-refractivity contribution in [2.75, 3.05) is 7.11 Å². The standard InChI is InChI=1S/C13H18ClNO2/c1-7-4-9(5-8(2)12(7)14)17-11-6-10(15)13(11)16-3/h4-5,10-11,13H,6,15H2,1-3H3. The highest BCUT2D eigenvalue weighted by atomic mass is 35.5. The molecule has 1 aromatic carbocycles. The fraction of sp³-hybridized carbons (Fsp3) is 0.538. The molecule has 0 spiro atoms. The summed E-state index contributed by atoms with van der Waals surface area (Å²) in [6.07, 6.45) is 0.875. The van der Waals surface area contributed by atoms with Gasteiger partial charge in [0.25, 0.3) is 0 Å². The molecule has 1 aromatic rings. The van der Waals surface area contributed by atoms with Gasteiger partial charge >= 0.3 is 0 Å². The molecular formula is C13H18ClNO2. The van der Waals surface area contributed by atoms with E-state index in [9.17, 15) is 0 Å². The minimum absolute atomic E-state index is 0.00806. The van der Waals surface area contributed by atoms with Gasteiger partial charge in [-0.3, -0.25) is 0 Å². The third kappa shape index (κ3) is 2.41. The Morgan fingerprint density at radius 1 is 1.29 bits per heavy atom. The van der Waals surface area contributed by atoms with Gasteiger partial charge in [-0.2, -0.15) is 0 Å². The Bertz CT molecular complexity index is 399. The van der Waals surface area contributed by atoms with Crippen molar-refractivity contribution in [1.82, 2.24) is 0 Å². The first-order valence-corrected chi connectivity index (χ1v) is 6.12. The van der Waals surface area contributed by atoms with Crippen LogP contribution in [0.25, 0.3) is 0 Å². The van der Waals surface area contributed by atoms with E-state index in [0.29, 0.717) is 0 Å². The molecule has 1 fully saturated rings. The average molecular weight is 256 g/mol. The molecule has 3 atom stereocenters. The van der Waals surface area contributed by atoms with Gasteiger partial charge in [0.2, 0.25) is 0 Å². The lowest BCUT2D eigenvalue weighted by Gasteiger charge is -2.41. The van der Waals surface area contributed by atoms with E-state index in [-0.39, 0.29) is 18.2 Å². The number of hydrogen-bond acceptors (Lipinski definition) is 3. The second-order valence-corrected chi connectivity index (χ2v) is 5.01. The summed E-state index contributed by atoms with van der Waals surface area (Å²) in [6.45, 7) is 3.95. The van der Waals surface area contributed by atoms with Gasteiger partial charge in [-0.25, -0.2) is 0 Å². The molecule has 0 radical (unpaired) electrons. The van der Waals surface area contributed by atoms with E-state index < -0.39 is 0 Å². The topological polar surface area (TPSA) is 44.5 Å². The van der Waals surface area contributed by atoms with E-state index in [1.54, 1.807) is 7.11 Å². The maximum absolute atomic E-state index is 6.11. The van der Waals surface area contributed by atoms with Crippen LogP contribution in [-0.2, 0) is 4.74 Å². The first-order chi connectivity index (χ1) is 8.02. The van der Waals surface area contributed by atoms with Crippen LogP contribution in [0.4, 0.5) is 0 Å². The molecule has 4 heteroatoms. The predicted molar refractivity (Wildman–Crippen MR) is 68.7 cm³/mol. The zero-order valence-electron chi connectivity index (χ0n) is 10.4. The molecule has 0 saturated heterocycles. The van der Waals surface area contributed by atoms with Crippen LogP contribution in [0.2, 0.25) is 5.02 Å². The lowest BCUT2D eigenvalue weighted by molar-refractivity contribution is -0.0782. The summed E-state index contributed by atoms with van der Waals surface area (Å²) < 4.78 is 11.2. The molecule has 1 aliphatic carbocycles. The van der Waals surface area contributed by atoms with Crippen molar-refractivity contribution in [3.05, 3.63) is 28.3 Å². The molecule has 2 N–H and O–H groups in total. The summed E-state index contributed by atoms with van der Waals surface area (Å²) in [6, 6.07) is 3.98.